The quantitative estimate of drug-likeness (QED) is 0.832. The molecule has 28 heavy (non-hydrogen) atoms. The molecule has 0 aromatic heterocycles. The van der Waals surface area contributed by atoms with E-state index in [2.05, 4.69) is 15.9 Å². The summed E-state index contributed by atoms with van der Waals surface area (Å²) in [5, 5.41) is 9.92. The third kappa shape index (κ3) is 3.91. The number of amides is 2. The molecule has 2 unspecified atom stereocenters. The fourth-order valence-corrected chi connectivity index (χ4v) is 5.01. The van der Waals surface area contributed by atoms with E-state index in [4.69, 9.17) is 11.6 Å². The molecule has 3 saturated heterocycles. The molecular formula is C20H27ClN4O3. The van der Waals surface area contributed by atoms with Crippen molar-refractivity contribution < 1.29 is 14.7 Å². The van der Waals surface area contributed by atoms with E-state index in [-0.39, 0.29) is 5.91 Å². The van der Waals surface area contributed by atoms with Gasteiger partial charge in [-0.3, -0.25) is 9.69 Å². The number of likely N-dealkylation sites (tertiary alicyclic amines) is 2. The zero-order valence-corrected chi connectivity index (χ0v) is 16.9. The lowest BCUT2D eigenvalue weighted by Crippen LogP contribution is -2.48. The number of anilines is 1. The average Bonchev–Trinajstić information content (AvgIpc) is 3.22. The lowest BCUT2D eigenvalue weighted by atomic mass is 10.0. The predicted molar refractivity (Wildman–Crippen MR) is 108 cm³/mol. The van der Waals surface area contributed by atoms with Crippen molar-refractivity contribution in [3.63, 3.8) is 0 Å². The number of fused-ring (bicyclic) bond motifs is 1. The van der Waals surface area contributed by atoms with Crippen LogP contribution >= 0.6 is 11.6 Å². The van der Waals surface area contributed by atoms with Gasteiger partial charge in [0, 0.05) is 76.5 Å². The largest absolute Gasteiger partial charge is 0.465 e. The maximum Gasteiger partial charge on any atom is 0.407 e. The number of benzene rings is 1. The van der Waals surface area contributed by atoms with Gasteiger partial charge in [0.25, 0.3) is 0 Å². The Morgan fingerprint density at radius 1 is 1.04 bits per heavy atom. The number of halogens is 1. The second kappa shape index (κ2) is 7.79. The van der Waals surface area contributed by atoms with Gasteiger partial charge in [-0.25, -0.2) is 4.79 Å². The minimum Gasteiger partial charge on any atom is -0.465 e. The van der Waals surface area contributed by atoms with Crippen LogP contribution in [-0.4, -0.2) is 84.2 Å². The summed E-state index contributed by atoms with van der Waals surface area (Å²) in [6, 6.07) is 6.07. The number of carboxylic acid groups (broad SMARTS) is 1. The first-order valence-corrected chi connectivity index (χ1v) is 10.3. The molecule has 2 amide bonds. The van der Waals surface area contributed by atoms with E-state index in [1.807, 2.05) is 17.0 Å². The van der Waals surface area contributed by atoms with Crippen molar-refractivity contribution in [3.05, 3.63) is 28.8 Å². The van der Waals surface area contributed by atoms with Crippen LogP contribution < -0.4 is 4.90 Å². The van der Waals surface area contributed by atoms with E-state index >= 15 is 0 Å². The SMILES string of the molecule is CC(=O)N1CCN(c2cc(Cl)ccc2CN2CC3CN(C(=O)O)CC3C2)CC1. The Morgan fingerprint density at radius 3 is 2.25 bits per heavy atom. The van der Waals surface area contributed by atoms with Crippen LogP contribution in [0.4, 0.5) is 10.5 Å². The Morgan fingerprint density at radius 2 is 1.68 bits per heavy atom. The summed E-state index contributed by atoms with van der Waals surface area (Å²) < 4.78 is 0. The maximum absolute atomic E-state index is 11.6. The number of piperazine rings is 1. The van der Waals surface area contributed by atoms with Crippen LogP contribution in [0.15, 0.2) is 18.2 Å². The van der Waals surface area contributed by atoms with Gasteiger partial charge in [0.15, 0.2) is 0 Å². The minimum absolute atomic E-state index is 0.130. The topological polar surface area (TPSA) is 67.3 Å². The first-order chi connectivity index (χ1) is 13.4. The smallest absolute Gasteiger partial charge is 0.407 e. The molecule has 3 fully saturated rings. The van der Waals surface area contributed by atoms with E-state index in [0.29, 0.717) is 24.9 Å². The van der Waals surface area contributed by atoms with Crippen molar-refractivity contribution in [3.8, 4) is 0 Å². The van der Waals surface area contributed by atoms with Gasteiger partial charge in [0.05, 0.1) is 0 Å². The van der Waals surface area contributed by atoms with Gasteiger partial charge < -0.3 is 19.8 Å². The number of nitrogens with zero attached hydrogens (tertiary/aromatic N) is 4. The summed E-state index contributed by atoms with van der Waals surface area (Å²) in [7, 11) is 0. The van der Waals surface area contributed by atoms with Crippen LogP contribution in [0.1, 0.15) is 12.5 Å². The third-order valence-electron chi connectivity index (χ3n) is 6.34. The molecule has 0 radical (unpaired) electrons. The normalized spacial score (nSPS) is 25.3. The molecule has 0 bridgehead atoms. The van der Waals surface area contributed by atoms with Gasteiger partial charge in [0.1, 0.15) is 0 Å². The Labute approximate surface area is 170 Å². The Hall–Kier alpha value is -1.99. The van der Waals surface area contributed by atoms with Crippen molar-refractivity contribution in [1.82, 2.24) is 14.7 Å². The molecule has 8 heteroatoms. The van der Waals surface area contributed by atoms with E-state index in [1.165, 1.54) is 5.56 Å². The second-order valence-corrected chi connectivity index (χ2v) is 8.60. The molecule has 1 N–H and O–H groups in total. The van der Waals surface area contributed by atoms with Crippen molar-refractivity contribution in [2.75, 3.05) is 57.3 Å². The lowest BCUT2D eigenvalue weighted by molar-refractivity contribution is -0.129. The molecule has 152 valence electrons. The second-order valence-electron chi connectivity index (χ2n) is 8.17. The fourth-order valence-electron chi connectivity index (χ4n) is 4.84. The molecular weight excluding hydrogens is 380 g/mol. The van der Waals surface area contributed by atoms with E-state index in [9.17, 15) is 14.7 Å². The fraction of sp³-hybridized carbons (Fsp3) is 0.600. The molecule has 4 rings (SSSR count). The summed E-state index contributed by atoms with van der Waals surface area (Å²) >= 11 is 6.29. The Kier molecular flexibility index (Phi) is 5.38. The van der Waals surface area contributed by atoms with E-state index < -0.39 is 6.09 Å². The van der Waals surface area contributed by atoms with Crippen LogP contribution in [0, 0.1) is 11.8 Å². The number of carbonyl (C=O) groups is 2. The van der Waals surface area contributed by atoms with Gasteiger partial charge in [-0.15, -0.1) is 0 Å². The first-order valence-electron chi connectivity index (χ1n) is 9.90. The molecule has 0 aliphatic carbocycles. The van der Waals surface area contributed by atoms with Crippen molar-refractivity contribution >= 4 is 29.3 Å². The third-order valence-corrected chi connectivity index (χ3v) is 6.57. The van der Waals surface area contributed by atoms with Crippen LogP contribution in [-0.2, 0) is 11.3 Å². The molecule has 3 aliphatic heterocycles. The van der Waals surface area contributed by atoms with Gasteiger partial charge >= 0.3 is 6.09 Å². The van der Waals surface area contributed by atoms with Gasteiger partial charge in [-0.1, -0.05) is 17.7 Å². The van der Waals surface area contributed by atoms with Crippen molar-refractivity contribution in [2.45, 2.75) is 13.5 Å². The molecule has 3 aliphatic rings. The minimum atomic E-state index is -0.800. The standard InChI is InChI=1S/C20H27ClN4O3/c1-14(26)23-4-6-24(7-5-23)19-8-18(21)3-2-15(19)9-22-10-16-12-25(20(27)28)13-17(16)11-22/h2-3,8,16-17H,4-7,9-13H2,1H3,(H,27,28). The first kappa shape index (κ1) is 19.3. The van der Waals surface area contributed by atoms with E-state index in [0.717, 1.165) is 56.5 Å². The summed E-state index contributed by atoms with van der Waals surface area (Å²) in [4.78, 5) is 31.0. The summed E-state index contributed by atoms with van der Waals surface area (Å²) in [5.41, 5.74) is 2.40. The van der Waals surface area contributed by atoms with Gasteiger partial charge in [-0.2, -0.15) is 0 Å². The highest BCUT2D eigenvalue weighted by Gasteiger charge is 2.41. The van der Waals surface area contributed by atoms with Crippen LogP contribution in [0.2, 0.25) is 5.02 Å². The monoisotopic (exact) mass is 406 g/mol. The molecule has 7 nitrogen and oxygen atoms in total. The number of carbonyl (C=O) groups excluding carboxylic acids is 1. The average molecular weight is 407 g/mol. The number of hydrogen-bond donors (Lipinski definition) is 1. The predicted octanol–water partition coefficient (Wildman–Crippen LogP) is 2.05. The van der Waals surface area contributed by atoms with Crippen LogP contribution in [0.3, 0.4) is 0 Å². The van der Waals surface area contributed by atoms with Crippen LogP contribution in [0.25, 0.3) is 0 Å². The summed E-state index contributed by atoms with van der Waals surface area (Å²) in [6.07, 6.45) is -0.800. The molecule has 0 saturated carbocycles. The summed E-state index contributed by atoms with van der Waals surface area (Å²) in [6.45, 7) is 8.74. The maximum atomic E-state index is 11.6. The van der Waals surface area contributed by atoms with Crippen molar-refractivity contribution in [2.24, 2.45) is 11.8 Å². The molecule has 0 spiro atoms. The zero-order chi connectivity index (χ0) is 19.8. The van der Waals surface area contributed by atoms with E-state index in [1.54, 1.807) is 11.8 Å². The Balaban J connectivity index is 1.42. The summed E-state index contributed by atoms with van der Waals surface area (Å²) in [5.74, 6) is 1.00. The molecule has 2 atom stereocenters. The van der Waals surface area contributed by atoms with Crippen LogP contribution in [0.5, 0.6) is 0 Å². The number of rotatable bonds is 3. The molecule has 1 aromatic rings. The van der Waals surface area contributed by atoms with Gasteiger partial charge in [0.2, 0.25) is 5.91 Å². The Bertz CT molecular complexity index is 752. The van der Waals surface area contributed by atoms with Gasteiger partial charge in [-0.05, 0) is 29.5 Å². The highest BCUT2D eigenvalue weighted by molar-refractivity contribution is 6.30. The molecule has 1 aromatic carbocycles. The van der Waals surface area contributed by atoms with Crippen molar-refractivity contribution in [1.29, 1.82) is 0 Å². The zero-order valence-electron chi connectivity index (χ0n) is 16.2. The lowest BCUT2D eigenvalue weighted by Gasteiger charge is -2.37. The highest BCUT2D eigenvalue weighted by atomic mass is 35.5. The highest BCUT2D eigenvalue weighted by Crippen LogP contribution is 2.34. The molecule has 3 heterocycles. The number of hydrogen-bond acceptors (Lipinski definition) is 4.